The zero-order valence-electron chi connectivity index (χ0n) is 9.66. The van der Waals surface area contributed by atoms with E-state index in [-0.39, 0.29) is 0 Å². The van der Waals surface area contributed by atoms with Gasteiger partial charge < -0.3 is 4.90 Å². The van der Waals surface area contributed by atoms with Crippen molar-refractivity contribution in [2.75, 3.05) is 32.9 Å². The summed E-state index contributed by atoms with van der Waals surface area (Å²) in [7, 11) is 1.92. The Morgan fingerprint density at radius 3 is 2.33 bits per heavy atom. The summed E-state index contributed by atoms with van der Waals surface area (Å²) in [6, 6.07) is 0. The van der Waals surface area contributed by atoms with Crippen LogP contribution in [0.1, 0.15) is 25.7 Å². The number of carbonyl (C=O) groups excluding carboxylic acids is 1. The molecule has 0 saturated carbocycles. The van der Waals surface area contributed by atoms with E-state index in [0.717, 1.165) is 26.1 Å². The molecule has 0 atom stereocenters. The van der Waals surface area contributed by atoms with Gasteiger partial charge in [0.25, 0.3) is 0 Å². The van der Waals surface area contributed by atoms with Crippen LogP contribution < -0.4 is 0 Å². The quantitative estimate of drug-likeness (QED) is 0.637. The summed E-state index contributed by atoms with van der Waals surface area (Å²) in [6.07, 6.45) is 6.53. The number of likely N-dealkylation sites (tertiary alicyclic amines) is 1. The fourth-order valence-corrected chi connectivity index (χ4v) is 3.19. The van der Waals surface area contributed by atoms with Crippen LogP contribution >= 0.6 is 11.9 Å². The fourth-order valence-electron chi connectivity index (χ4n) is 2.64. The first-order valence-electron chi connectivity index (χ1n) is 5.68. The Morgan fingerprint density at radius 1 is 1.20 bits per heavy atom. The normalized spacial score (nSPS) is 27.3. The third-order valence-electron chi connectivity index (χ3n) is 3.97. The van der Waals surface area contributed by atoms with E-state index in [1.54, 1.807) is 0 Å². The molecule has 86 valence electrons. The van der Waals surface area contributed by atoms with Crippen LogP contribution in [0.4, 0.5) is 0 Å². The van der Waals surface area contributed by atoms with Crippen molar-refractivity contribution in [3.8, 4) is 0 Å². The number of hydrogen-bond donors (Lipinski definition) is 0. The summed E-state index contributed by atoms with van der Waals surface area (Å²) < 4.78 is 2.41. The van der Waals surface area contributed by atoms with E-state index in [1.807, 2.05) is 23.9 Å². The number of nitrogens with zero attached hydrogens (tertiary/aromatic N) is 2. The Bertz CT molecular complexity index is 249. The van der Waals surface area contributed by atoms with Crippen LogP contribution in [0.2, 0.25) is 0 Å². The van der Waals surface area contributed by atoms with Gasteiger partial charge in [0.2, 0.25) is 5.91 Å². The van der Waals surface area contributed by atoms with E-state index >= 15 is 0 Å². The highest BCUT2D eigenvalue weighted by Crippen LogP contribution is 2.42. The van der Waals surface area contributed by atoms with Crippen LogP contribution in [0.25, 0.3) is 0 Å². The van der Waals surface area contributed by atoms with Crippen molar-refractivity contribution >= 4 is 17.9 Å². The molecule has 2 aliphatic heterocycles. The van der Waals surface area contributed by atoms with Crippen molar-refractivity contribution in [2.24, 2.45) is 5.41 Å². The van der Waals surface area contributed by atoms with Crippen LogP contribution in [0.3, 0.4) is 0 Å². The summed E-state index contributed by atoms with van der Waals surface area (Å²) in [6.45, 7) is 3.26. The lowest BCUT2D eigenvalue weighted by Crippen LogP contribution is -2.46. The number of hydrogen-bond acceptors (Lipinski definition) is 3. The molecule has 0 aliphatic carbocycles. The van der Waals surface area contributed by atoms with Crippen molar-refractivity contribution in [3.63, 3.8) is 0 Å². The Hall–Kier alpha value is -0.220. The lowest BCUT2D eigenvalue weighted by molar-refractivity contribution is -0.137. The highest BCUT2D eigenvalue weighted by atomic mass is 32.2. The predicted molar refractivity (Wildman–Crippen MR) is 63.6 cm³/mol. The molecule has 0 aromatic rings. The van der Waals surface area contributed by atoms with Gasteiger partial charge in [-0.3, -0.25) is 9.10 Å². The van der Waals surface area contributed by atoms with Crippen LogP contribution in [0, 0.1) is 5.41 Å². The van der Waals surface area contributed by atoms with Gasteiger partial charge in [0.05, 0.1) is 0 Å². The number of carbonyl (C=O) groups is 1. The van der Waals surface area contributed by atoms with Gasteiger partial charge in [0, 0.05) is 33.1 Å². The van der Waals surface area contributed by atoms with Gasteiger partial charge in [-0.25, -0.2) is 0 Å². The summed E-state index contributed by atoms with van der Waals surface area (Å²) in [5, 5.41) is 0. The molecule has 2 saturated heterocycles. The van der Waals surface area contributed by atoms with Gasteiger partial charge in [-0.15, -0.1) is 0 Å². The van der Waals surface area contributed by atoms with Gasteiger partial charge in [0.1, 0.15) is 0 Å². The summed E-state index contributed by atoms with van der Waals surface area (Å²) in [5.41, 5.74) is 0.343. The molecule has 0 radical (unpaired) electrons. The van der Waals surface area contributed by atoms with Crippen molar-refractivity contribution < 1.29 is 4.79 Å². The van der Waals surface area contributed by atoms with Crippen LogP contribution in [-0.2, 0) is 4.79 Å². The molecule has 2 fully saturated rings. The number of piperidine rings is 2. The average Bonchev–Trinajstić information content (AvgIpc) is 2.26. The second-order valence-electron chi connectivity index (χ2n) is 4.85. The molecular formula is C11H20N2OS. The molecule has 0 aromatic carbocycles. The van der Waals surface area contributed by atoms with Gasteiger partial charge in [-0.1, -0.05) is 11.9 Å². The molecule has 0 unspecified atom stereocenters. The van der Waals surface area contributed by atoms with Gasteiger partial charge in [-0.05, 0) is 30.9 Å². The predicted octanol–water partition coefficient (Wildman–Crippen LogP) is 1.60. The first-order chi connectivity index (χ1) is 7.15. The average molecular weight is 228 g/mol. The molecule has 0 N–H and O–H groups in total. The molecule has 2 heterocycles. The van der Waals surface area contributed by atoms with Crippen molar-refractivity contribution in [2.45, 2.75) is 25.7 Å². The Balaban J connectivity index is 1.95. The van der Waals surface area contributed by atoms with E-state index in [9.17, 15) is 4.79 Å². The smallest absolute Gasteiger partial charge is 0.222 e. The van der Waals surface area contributed by atoms with Crippen LogP contribution in [-0.4, -0.2) is 48.1 Å². The van der Waals surface area contributed by atoms with E-state index in [1.165, 1.54) is 19.3 Å². The third kappa shape index (κ3) is 2.31. The van der Waals surface area contributed by atoms with E-state index in [4.69, 9.17) is 0 Å². The first-order valence-corrected chi connectivity index (χ1v) is 6.86. The van der Waals surface area contributed by atoms with Gasteiger partial charge in [0.15, 0.2) is 0 Å². The molecule has 0 bridgehead atoms. The molecule has 15 heavy (non-hydrogen) atoms. The zero-order valence-corrected chi connectivity index (χ0v) is 10.5. The van der Waals surface area contributed by atoms with Gasteiger partial charge >= 0.3 is 0 Å². The Kier molecular flexibility index (Phi) is 3.26. The van der Waals surface area contributed by atoms with Crippen molar-refractivity contribution in [1.29, 1.82) is 0 Å². The van der Waals surface area contributed by atoms with E-state index < -0.39 is 0 Å². The summed E-state index contributed by atoms with van der Waals surface area (Å²) >= 11 is 1.83. The first kappa shape index (κ1) is 11.3. The molecule has 1 spiro atoms. The number of amides is 1. The lowest BCUT2D eigenvalue weighted by atomic mass is 9.71. The molecule has 2 rings (SSSR count). The van der Waals surface area contributed by atoms with Crippen LogP contribution in [0.15, 0.2) is 0 Å². The molecule has 4 heteroatoms. The molecule has 3 nitrogen and oxygen atoms in total. The van der Waals surface area contributed by atoms with Crippen molar-refractivity contribution in [1.82, 2.24) is 9.21 Å². The molecule has 1 amide bonds. The largest absolute Gasteiger partial charge is 0.346 e. The van der Waals surface area contributed by atoms with E-state index in [2.05, 4.69) is 10.6 Å². The van der Waals surface area contributed by atoms with Gasteiger partial charge in [-0.2, -0.15) is 0 Å². The lowest BCUT2D eigenvalue weighted by Gasteiger charge is -2.45. The van der Waals surface area contributed by atoms with E-state index in [0.29, 0.717) is 11.3 Å². The van der Waals surface area contributed by atoms with Crippen LogP contribution in [0.5, 0.6) is 0 Å². The minimum absolute atomic E-state index is 0.343. The standard InChI is InChI=1S/C11H20N2OS/c1-12-6-3-11(9-10(12)14)4-7-13(15-2)8-5-11/h3-9H2,1-2H3. The maximum Gasteiger partial charge on any atom is 0.222 e. The summed E-state index contributed by atoms with van der Waals surface area (Å²) in [5.74, 6) is 0.346. The highest BCUT2D eigenvalue weighted by Gasteiger charge is 2.40. The second kappa shape index (κ2) is 4.34. The summed E-state index contributed by atoms with van der Waals surface area (Å²) in [4.78, 5) is 13.6. The maximum absolute atomic E-state index is 11.7. The second-order valence-corrected chi connectivity index (χ2v) is 5.74. The topological polar surface area (TPSA) is 23.6 Å². The maximum atomic E-state index is 11.7. The highest BCUT2D eigenvalue weighted by molar-refractivity contribution is 7.96. The Morgan fingerprint density at radius 2 is 1.80 bits per heavy atom. The SMILES string of the molecule is CSN1CCC2(CC1)CCN(C)C(=O)C2. The molecule has 0 aromatic heterocycles. The zero-order chi connectivity index (χ0) is 10.9. The fraction of sp³-hybridized carbons (Fsp3) is 0.909. The molecule has 2 aliphatic rings. The van der Waals surface area contributed by atoms with Crippen molar-refractivity contribution in [3.05, 3.63) is 0 Å². The molecular weight excluding hydrogens is 208 g/mol. The Labute approximate surface area is 96.3 Å². The third-order valence-corrected chi connectivity index (χ3v) is 4.85. The minimum Gasteiger partial charge on any atom is -0.346 e. The monoisotopic (exact) mass is 228 g/mol. The minimum atomic E-state index is 0.343. The number of rotatable bonds is 1.